The summed E-state index contributed by atoms with van der Waals surface area (Å²) in [7, 11) is 1.66. The first kappa shape index (κ1) is 16.9. The van der Waals surface area contributed by atoms with Crippen molar-refractivity contribution < 1.29 is 13.5 Å². The van der Waals surface area contributed by atoms with Gasteiger partial charge in [-0.1, -0.05) is 30.4 Å². The lowest BCUT2D eigenvalue weighted by atomic mass is 10.1. The van der Waals surface area contributed by atoms with Gasteiger partial charge in [0.15, 0.2) is 0 Å². The number of alkyl halides is 2. The first-order chi connectivity index (χ1) is 10.7. The number of methoxy groups -OCH3 is 1. The van der Waals surface area contributed by atoms with Crippen LogP contribution in [0.1, 0.15) is 18.4 Å². The van der Waals surface area contributed by atoms with Gasteiger partial charge in [0.1, 0.15) is 5.75 Å². The molecule has 1 aromatic carbocycles. The molecule has 22 heavy (non-hydrogen) atoms. The third-order valence-electron chi connectivity index (χ3n) is 3.94. The number of benzene rings is 1. The lowest BCUT2D eigenvalue weighted by Crippen LogP contribution is -2.43. The molecule has 0 aromatic heterocycles. The maximum absolute atomic E-state index is 12.3. The molecule has 0 bridgehead atoms. The van der Waals surface area contributed by atoms with Crippen LogP contribution in [0.2, 0.25) is 0 Å². The van der Waals surface area contributed by atoms with E-state index in [1.165, 1.54) is 0 Å². The first-order valence-electron chi connectivity index (χ1n) is 7.72. The Labute approximate surface area is 131 Å². The van der Waals surface area contributed by atoms with Crippen molar-refractivity contribution in [2.45, 2.75) is 25.3 Å². The van der Waals surface area contributed by atoms with Gasteiger partial charge in [0.2, 0.25) is 0 Å². The summed E-state index contributed by atoms with van der Waals surface area (Å²) >= 11 is 0. The average molecular weight is 310 g/mol. The van der Waals surface area contributed by atoms with Crippen molar-refractivity contribution in [1.82, 2.24) is 10.2 Å². The topological polar surface area (TPSA) is 24.5 Å². The van der Waals surface area contributed by atoms with Gasteiger partial charge in [-0.25, -0.2) is 8.78 Å². The SMILES string of the molecule is COc1ccccc1C=CCNC1CCN(CC(F)F)CC1. The minimum atomic E-state index is -2.23. The average Bonchev–Trinajstić information content (AvgIpc) is 2.53. The molecule has 1 N–H and O–H groups in total. The molecule has 0 saturated carbocycles. The number of para-hydroxylation sites is 1. The number of hydrogen-bond donors (Lipinski definition) is 1. The quantitative estimate of drug-likeness (QED) is 0.838. The van der Waals surface area contributed by atoms with E-state index in [4.69, 9.17) is 4.74 Å². The van der Waals surface area contributed by atoms with Crippen LogP contribution in [0.15, 0.2) is 30.3 Å². The molecule has 0 atom stereocenters. The van der Waals surface area contributed by atoms with E-state index >= 15 is 0 Å². The highest BCUT2D eigenvalue weighted by Gasteiger charge is 2.20. The van der Waals surface area contributed by atoms with Gasteiger partial charge in [-0.15, -0.1) is 0 Å². The molecule has 1 aliphatic rings. The standard InChI is InChI=1S/C17H24F2N2O/c1-22-16-7-3-2-5-14(16)6-4-10-20-15-8-11-21(12-9-15)13-17(18)19/h2-7,15,17,20H,8-13H2,1H3. The van der Waals surface area contributed by atoms with Crippen molar-refractivity contribution in [2.24, 2.45) is 0 Å². The predicted molar refractivity (Wildman–Crippen MR) is 85.5 cm³/mol. The molecule has 2 rings (SSSR count). The minimum absolute atomic E-state index is 0.0968. The van der Waals surface area contributed by atoms with Crippen LogP contribution in [0.25, 0.3) is 6.08 Å². The van der Waals surface area contributed by atoms with E-state index in [2.05, 4.69) is 11.4 Å². The molecule has 0 radical (unpaired) electrons. The molecule has 122 valence electrons. The van der Waals surface area contributed by atoms with Crippen LogP contribution in [-0.2, 0) is 0 Å². The van der Waals surface area contributed by atoms with E-state index in [1.807, 2.05) is 35.2 Å². The van der Waals surface area contributed by atoms with Gasteiger partial charge in [-0.05, 0) is 32.0 Å². The molecule has 1 aliphatic heterocycles. The van der Waals surface area contributed by atoms with Crippen LogP contribution in [0, 0.1) is 0 Å². The van der Waals surface area contributed by atoms with E-state index in [-0.39, 0.29) is 6.54 Å². The molecule has 3 nitrogen and oxygen atoms in total. The van der Waals surface area contributed by atoms with Crippen molar-refractivity contribution in [3.63, 3.8) is 0 Å². The number of halogens is 2. The summed E-state index contributed by atoms with van der Waals surface area (Å²) in [5.74, 6) is 0.860. The first-order valence-corrected chi connectivity index (χ1v) is 7.72. The molecule has 1 fully saturated rings. The zero-order valence-corrected chi connectivity index (χ0v) is 13.0. The van der Waals surface area contributed by atoms with Crippen molar-refractivity contribution in [3.8, 4) is 5.75 Å². The van der Waals surface area contributed by atoms with Gasteiger partial charge in [0.05, 0.1) is 13.7 Å². The fourth-order valence-corrected chi connectivity index (χ4v) is 2.74. The summed E-state index contributed by atoms with van der Waals surface area (Å²) in [5, 5.41) is 3.46. The van der Waals surface area contributed by atoms with Crippen molar-refractivity contribution >= 4 is 6.08 Å². The molecule has 0 spiro atoms. The fraction of sp³-hybridized carbons (Fsp3) is 0.529. The Morgan fingerprint density at radius 3 is 2.73 bits per heavy atom. The Kier molecular flexibility index (Phi) is 6.80. The molecular weight excluding hydrogens is 286 g/mol. The van der Waals surface area contributed by atoms with Gasteiger partial charge in [-0.3, -0.25) is 4.90 Å². The summed E-state index contributed by atoms with van der Waals surface area (Å²) in [4.78, 5) is 1.84. The van der Waals surface area contributed by atoms with Crippen LogP contribution in [0.3, 0.4) is 0 Å². The molecule has 1 saturated heterocycles. The maximum Gasteiger partial charge on any atom is 0.251 e. The molecule has 1 aromatic rings. The maximum atomic E-state index is 12.3. The van der Waals surface area contributed by atoms with Gasteiger partial charge < -0.3 is 10.1 Å². The van der Waals surface area contributed by atoms with Gasteiger partial charge >= 0.3 is 0 Å². The number of piperidine rings is 1. The van der Waals surface area contributed by atoms with E-state index < -0.39 is 6.43 Å². The van der Waals surface area contributed by atoms with E-state index in [1.54, 1.807) is 7.11 Å². The van der Waals surface area contributed by atoms with Crippen molar-refractivity contribution in [1.29, 1.82) is 0 Å². The Balaban J connectivity index is 1.70. The predicted octanol–water partition coefficient (Wildman–Crippen LogP) is 3.03. The molecular formula is C17H24F2N2O. The van der Waals surface area contributed by atoms with Crippen LogP contribution >= 0.6 is 0 Å². The van der Waals surface area contributed by atoms with E-state index in [0.717, 1.165) is 43.8 Å². The van der Waals surface area contributed by atoms with Crippen molar-refractivity contribution in [2.75, 3.05) is 33.3 Å². The fourth-order valence-electron chi connectivity index (χ4n) is 2.74. The lowest BCUT2D eigenvalue weighted by molar-refractivity contribution is 0.0734. The zero-order chi connectivity index (χ0) is 15.8. The lowest BCUT2D eigenvalue weighted by Gasteiger charge is -2.31. The molecule has 1 heterocycles. The third kappa shape index (κ3) is 5.39. The number of hydrogen-bond acceptors (Lipinski definition) is 3. The number of ether oxygens (including phenoxy) is 1. The van der Waals surface area contributed by atoms with Gasteiger partial charge in [-0.2, -0.15) is 0 Å². The summed E-state index contributed by atoms with van der Waals surface area (Å²) < 4.78 is 29.9. The Hall–Kier alpha value is -1.46. The van der Waals surface area contributed by atoms with Crippen molar-refractivity contribution in [3.05, 3.63) is 35.9 Å². The van der Waals surface area contributed by atoms with E-state index in [0.29, 0.717) is 6.04 Å². The number of rotatable bonds is 7. The molecule has 5 heteroatoms. The van der Waals surface area contributed by atoms with Crippen LogP contribution < -0.4 is 10.1 Å². The second-order valence-corrected chi connectivity index (χ2v) is 5.52. The zero-order valence-electron chi connectivity index (χ0n) is 13.0. The van der Waals surface area contributed by atoms with Crippen LogP contribution in [0.5, 0.6) is 5.75 Å². The number of likely N-dealkylation sites (tertiary alicyclic amines) is 1. The summed E-state index contributed by atoms with van der Waals surface area (Å²) in [6, 6.07) is 8.29. The monoisotopic (exact) mass is 310 g/mol. The number of nitrogens with zero attached hydrogens (tertiary/aromatic N) is 1. The normalized spacial score (nSPS) is 17.5. The van der Waals surface area contributed by atoms with Gasteiger partial charge in [0, 0.05) is 18.2 Å². The second-order valence-electron chi connectivity index (χ2n) is 5.52. The Morgan fingerprint density at radius 2 is 2.05 bits per heavy atom. The molecule has 0 unspecified atom stereocenters. The highest BCUT2D eigenvalue weighted by Crippen LogP contribution is 2.18. The van der Waals surface area contributed by atoms with Crippen LogP contribution in [0.4, 0.5) is 8.78 Å². The van der Waals surface area contributed by atoms with E-state index in [9.17, 15) is 8.78 Å². The van der Waals surface area contributed by atoms with Gasteiger partial charge in [0.25, 0.3) is 6.43 Å². The largest absolute Gasteiger partial charge is 0.496 e. The summed E-state index contributed by atoms with van der Waals surface area (Å²) in [6.07, 6.45) is 3.74. The third-order valence-corrected chi connectivity index (χ3v) is 3.94. The minimum Gasteiger partial charge on any atom is -0.496 e. The summed E-state index contributed by atoms with van der Waals surface area (Å²) in [5.41, 5.74) is 1.05. The van der Waals surface area contributed by atoms with Crippen LogP contribution in [-0.4, -0.2) is 50.7 Å². The second kappa shape index (κ2) is 8.86. The smallest absolute Gasteiger partial charge is 0.251 e. The highest BCUT2D eigenvalue weighted by molar-refractivity contribution is 5.57. The Bertz CT molecular complexity index is 471. The Morgan fingerprint density at radius 1 is 1.32 bits per heavy atom. The summed E-state index contributed by atoms with van der Waals surface area (Å²) in [6.45, 7) is 2.18. The molecule has 0 amide bonds. The molecule has 0 aliphatic carbocycles. The number of nitrogens with one attached hydrogen (secondary N) is 1. The highest BCUT2D eigenvalue weighted by atomic mass is 19.3.